The summed E-state index contributed by atoms with van der Waals surface area (Å²) in [6.07, 6.45) is 5.59. The highest BCUT2D eigenvalue weighted by Gasteiger charge is 2.60. The van der Waals surface area contributed by atoms with Crippen molar-refractivity contribution in [3.63, 3.8) is 0 Å². The number of aliphatic carboxylic acids is 1. The number of hydrogen-bond acceptors (Lipinski definition) is 5. The highest BCUT2D eigenvalue weighted by Crippen LogP contribution is 2.62. The van der Waals surface area contributed by atoms with Crippen LogP contribution in [0.25, 0.3) is 0 Å². The first-order valence-electron chi connectivity index (χ1n) is 15.7. The molecule has 3 fully saturated rings. The fourth-order valence-corrected chi connectivity index (χ4v) is 15.4. The summed E-state index contributed by atoms with van der Waals surface area (Å²) in [6, 6.07) is 0. The second-order valence-electron chi connectivity index (χ2n) is 14.7. The Morgan fingerprint density at radius 1 is 0.923 bits per heavy atom. The van der Waals surface area contributed by atoms with Crippen LogP contribution in [0.4, 0.5) is 0 Å². The van der Waals surface area contributed by atoms with Crippen LogP contribution in [0.2, 0.25) is 16.6 Å². The van der Waals surface area contributed by atoms with Gasteiger partial charge in [-0.15, -0.1) is 0 Å². The van der Waals surface area contributed by atoms with E-state index < -0.39 is 25.6 Å². The molecule has 3 rings (SSSR count). The second kappa shape index (κ2) is 12.6. The van der Waals surface area contributed by atoms with Crippen LogP contribution in [0.5, 0.6) is 0 Å². The zero-order valence-corrected chi connectivity index (χ0v) is 27.5. The molecule has 0 aromatic heterocycles. The molecule has 39 heavy (non-hydrogen) atoms. The molecule has 226 valence electrons. The molecule has 0 heterocycles. The van der Waals surface area contributed by atoms with Crippen molar-refractivity contribution in [1.29, 1.82) is 0 Å². The predicted molar refractivity (Wildman–Crippen MR) is 158 cm³/mol. The zero-order chi connectivity index (χ0) is 29.3. The maximum absolute atomic E-state index is 14.2. The maximum Gasteiger partial charge on any atom is 0.307 e. The largest absolute Gasteiger partial charge is 0.481 e. The Morgan fingerprint density at radius 3 is 2.03 bits per heavy atom. The van der Waals surface area contributed by atoms with E-state index in [1.54, 1.807) is 7.11 Å². The molecule has 0 radical (unpaired) electrons. The zero-order valence-electron chi connectivity index (χ0n) is 26.5. The van der Waals surface area contributed by atoms with Gasteiger partial charge in [-0.2, -0.15) is 0 Å². The van der Waals surface area contributed by atoms with Crippen molar-refractivity contribution in [3.8, 4) is 0 Å². The van der Waals surface area contributed by atoms with Gasteiger partial charge in [0.05, 0.1) is 12.0 Å². The number of carboxylic acid groups (broad SMARTS) is 1. The highest BCUT2D eigenvalue weighted by molar-refractivity contribution is 6.77. The Bertz CT molecular complexity index is 836. The molecule has 0 aromatic rings. The fourth-order valence-electron chi connectivity index (χ4n) is 9.82. The lowest BCUT2D eigenvalue weighted by molar-refractivity contribution is -0.167. The molecule has 0 saturated heterocycles. The molecule has 7 heteroatoms. The van der Waals surface area contributed by atoms with E-state index in [4.69, 9.17) is 13.9 Å². The molecule has 0 aromatic carbocycles. The number of carbonyl (C=O) groups excluding carboxylic acids is 1. The van der Waals surface area contributed by atoms with Crippen molar-refractivity contribution in [2.45, 2.75) is 130 Å². The van der Waals surface area contributed by atoms with E-state index >= 15 is 0 Å². The van der Waals surface area contributed by atoms with Gasteiger partial charge in [-0.3, -0.25) is 9.59 Å². The number of carbonyl (C=O) groups is 2. The molecular weight excluding hydrogens is 508 g/mol. The summed E-state index contributed by atoms with van der Waals surface area (Å²) in [5.74, 6) is -0.327. The molecule has 6 nitrogen and oxygen atoms in total. The molecule has 0 aliphatic heterocycles. The van der Waals surface area contributed by atoms with Gasteiger partial charge in [0.1, 0.15) is 12.6 Å². The van der Waals surface area contributed by atoms with Crippen molar-refractivity contribution in [1.82, 2.24) is 0 Å². The Morgan fingerprint density at radius 2 is 1.49 bits per heavy atom. The molecule has 3 aliphatic rings. The Labute approximate surface area is 239 Å². The number of ketones is 1. The maximum atomic E-state index is 14.2. The van der Waals surface area contributed by atoms with E-state index in [2.05, 4.69) is 62.3 Å². The Balaban J connectivity index is 1.75. The van der Waals surface area contributed by atoms with Crippen molar-refractivity contribution < 1.29 is 28.6 Å². The number of Topliss-reactive ketones (excluding diaryl/α,β-unsaturated/α-hetero) is 1. The number of hydrogen-bond donors (Lipinski definition) is 1. The number of methoxy groups -OCH3 is 1. The summed E-state index contributed by atoms with van der Waals surface area (Å²) in [5.41, 5.74) is 1.13. The Hall–Kier alpha value is -0.763. The summed E-state index contributed by atoms with van der Waals surface area (Å²) in [5, 5.41) is 10.2. The first-order valence-corrected chi connectivity index (χ1v) is 17.8. The molecule has 0 bridgehead atoms. The van der Waals surface area contributed by atoms with E-state index in [0.717, 1.165) is 38.7 Å². The molecule has 3 saturated carbocycles. The number of carboxylic acids is 1. The SMILES string of the molecule is COCO[C@H]1CC[C@](C)(C2CC[C@]3(C)C([C@H](C)CO[Si](C(C)C)(C(C)C)C(C)C)CC[C@H]3C2=O)[C@@H](C(=O)O)C1. The second-order valence-corrected chi connectivity index (χ2v) is 20.2. The van der Waals surface area contributed by atoms with Crippen LogP contribution in [0.3, 0.4) is 0 Å². The summed E-state index contributed by atoms with van der Waals surface area (Å²) in [6.45, 7) is 21.8. The molecule has 1 N–H and O–H groups in total. The number of ether oxygens (including phenoxy) is 2. The third kappa shape index (κ3) is 5.94. The third-order valence-corrected chi connectivity index (χ3v) is 18.0. The fraction of sp³-hybridized carbons (Fsp3) is 0.938. The Kier molecular flexibility index (Phi) is 10.6. The number of rotatable bonds is 12. The van der Waals surface area contributed by atoms with E-state index in [9.17, 15) is 14.7 Å². The van der Waals surface area contributed by atoms with Gasteiger partial charge in [-0.05, 0) is 84.2 Å². The van der Waals surface area contributed by atoms with Gasteiger partial charge < -0.3 is 19.0 Å². The third-order valence-electron chi connectivity index (χ3n) is 11.9. The van der Waals surface area contributed by atoms with Crippen LogP contribution in [-0.2, 0) is 23.5 Å². The van der Waals surface area contributed by atoms with E-state index in [0.29, 0.717) is 47.1 Å². The van der Waals surface area contributed by atoms with Gasteiger partial charge in [0.15, 0.2) is 8.32 Å². The minimum atomic E-state index is -1.94. The minimum Gasteiger partial charge on any atom is -0.481 e. The van der Waals surface area contributed by atoms with E-state index in [1.165, 1.54) is 0 Å². The lowest BCUT2D eigenvalue weighted by atomic mass is 9.51. The molecule has 3 aliphatic carbocycles. The average Bonchev–Trinajstić information content (AvgIpc) is 3.21. The van der Waals surface area contributed by atoms with Crippen LogP contribution >= 0.6 is 0 Å². The first kappa shape index (κ1) is 32.7. The topological polar surface area (TPSA) is 82.1 Å². The van der Waals surface area contributed by atoms with Crippen LogP contribution in [0.15, 0.2) is 0 Å². The highest BCUT2D eigenvalue weighted by atomic mass is 28.4. The van der Waals surface area contributed by atoms with Gasteiger partial charge >= 0.3 is 5.97 Å². The van der Waals surface area contributed by atoms with Crippen LogP contribution in [0, 0.1) is 40.4 Å². The summed E-state index contributed by atoms with van der Waals surface area (Å²) in [4.78, 5) is 26.7. The van der Waals surface area contributed by atoms with Gasteiger partial charge in [-0.1, -0.05) is 62.3 Å². The smallest absolute Gasteiger partial charge is 0.307 e. The van der Waals surface area contributed by atoms with Gasteiger partial charge in [-0.25, -0.2) is 0 Å². The van der Waals surface area contributed by atoms with E-state index in [-0.39, 0.29) is 30.1 Å². The van der Waals surface area contributed by atoms with Gasteiger partial charge in [0, 0.05) is 25.6 Å². The molecular formula is C32H58O6Si. The quantitative estimate of drug-likeness (QED) is 0.192. The molecule has 0 amide bonds. The monoisotopic (exact) mass is 566 g/mol. The van der Waals surface area contributed by atoms with Crippen molar-refractivity contribution in [2.24, 2.45) is 40.4 Å². The van der Waals surface area contributed by atoms with Crippen molar-refractivity contribution >= 4 is 20.1 Å². The van der Waals surface area contributed by atoms with Gasteiger partial charge in [0.25, 0.3) is 0 Å². The van der Waals surface area contributed by atoms with Crippen molar-refractivity contribution in [2.75, 3.05) is 20.5 Å². The molecule has 8 atom stereocenters. The van der Waals surface area contributed by atoms with Crippen molar-refractivity contribution in [3.05, 3.63) is 0 Å². The average molecular weight is 567 g/mol. The summed E-state index contributed by atoms with van der Waals surface area (Å²) < 4.78 is 17.8. The minimum absolute atomic E-state index is 0.0259. The van der Waals surface area contributed by atoms with Crippen LogP contribution < -0.4 is 0 Å². The van der Waals surface area contributed by atoms with Gasteiger partial charge in [0.2, 0.25) is 0 Å². The lowest BCUT2D eigenvalue weighted by Gasteiger charge is -2.52. The molecule has 0 spiro atoms. The summed E-state index contributed by atoms with van der Waals surface area (Å²) in [7, 11) is -0.358. The number of fused-ring (bicyclic) bond motifs is 1. The van der Waals surface area contributed by atoms with Crippen LogP contribution in [0.1, 0.15) is 107 Å². The predicted octanol–water partition coefficient (Wildman–Crippen LogP) is 7.71. The first-order chi connectivity index (χ1) is 18.2. The molecule has 2 unspecified atom stereocenters. The normalized spacial score (nSPS) is 36.5. The standard InChI is InChI=1S/C32H58O6Si/c1-20(2)39(21(3)4,22(5)6)38-18-23(7)25-11-12-26-29(33)27(14-16-31(25,26)8)32(9)15-13-24(37-19-36-10)17-28(32)30(34)35/h20-28H,11-19H2,1-10H3,(H,34,35)/t23-,24+,25?,26+,27?,28-,31-,32-/m1/s1. The lowest BCUT2D eigenvalue weighted by Crippen LogP contribution is -2.54. The van der Waals surface area contributed by atoms with Crippen LogP contribution in [-0.4, -0.2) is 51.8 Å². The van der Waals surface area contributed by atoms with E-state index in [1.807, 2.05) is 0 Å². The summed E-state index contributed by atoms with van der Waals surface area (Å²) >= 11 is 0.